The maximum Gasteiger partial charge on any atom is 0.242 e. The number of rotatable bonds is 4. The quantitative estimate of drug-likeness (QED) is 0.671. The molecule has 2 heterocycles. The predicted octanol–water partition coefficient (Wildman–Crippen LogP) is 1.11. The van der Waals surface area contributed by atoms with Crippen molar-refractivity contribution in [3.63, 3.8) is 0 Å². The van der Waals surface area contributed by atoms with Gasteiger partial charge < -0.3 is 11.1 Å². The van der Waals surface area contributed by atoms with Crippen LogP contribution in [0.25, 0.3) is 11.0 Å². The summed E-state index contributed by atoms with van der Waals surface area (Å²) in [4.78, 5) is 12.3. The number of H-pyrrole nitrogens is 1. The molecule has 1 unspecified atom stereocenters. The van der Waals surface area contributed by atoms with Crippen LogP contribution in [0, 0.1) is 6.92 Å². The smallest absolute Gasteiger partial charge is 0.242 e. The number of carbonyl (C=O) groups excluding carboxylic acids is 1. The van der Waals surface area contributed by atoms with E-state index in [9.17, 15) is 4.79 Å². The van der Waals surface area contributed by atoms with E-state index in [1.807, 2.05) is 44.3 Å². The largest absolute Gasteiger partial charge is 0.320 e. The van der Waals surface area contributed by atoms with Gasteiger partial charge in [-0.25, -0.2) is 4.68 Å². The van der Waals surface area contributed by atoms with Gasteiger partial charge in [-0.3, -0.25) is 9.89 Å². The number of amides is 1. The number of nitrogens with two attached hydrogens (primary N) is 1. The van der Waals surface area contributed by atoms with Gasteiger partial charge in [-0.05, 0) is 18.9 Å². The molecule has 0 saturated carbocycles. The third kappa shape index (κ3) is 2.58. The number of nitrogens with zero attached hydrogens (tertiary/aromatic N) is 3. The SMILES string of the molecule is Cc1nn(C)c2n[nH]c(NC(=O)C(N)Cc3ccccc3)c12. The Morgan fingerprint density at radius 1 is 1.41 bits per heavy atom. The summed E-state index contributed by atoms with van der Waals surface area (Å²) in [6.45, 7) is 1.87. The Morgan fingerprint density at radius 3 is 2.86 bits per heavy atom. The fourth-order valence-electron chi connectivity index (χ4n) is 2.50. The molecule has 0 aliphatic carbocycles. The van der Waals surface area contributed by atoms with Gasteiger partial charge in [0.05, 0.1) is 17.1 Å². The van der Waals surface area contributed by atoms with Crippen molar-refractivity contribution >= 4 is 22.8 Å². The van der Waals surface area contributed by atoms with Gasteiger partial charge in [-0.1, -0.05) is 30.3 Å². The zero-order valence-corrected chi connectivity index (χ0v) is 12.5. The standard InChI is InChI=1S/C15H18N6O/c1-9-12-13(18-19-14(12)21(2)20-9)17-15(22)11(16)8-10-6-4-3-5-7-10/h3-7,11H,8,16H2,1-2H3,(H2,17,18,19,22). The average Bonchev–Trinajstić information content (AvgIpc) is 3.03. The Labute approximate surface area is 127 Å². The lowest BCUT2D eigenvalue weighted by Gasteiger charge is -2.11. The minimum atomic E-state index is -0.627. The van der Waals surface area contributed by atoms with Crippen LogP contribution < -0.4 is 11.1 Å². The third-order valence-corrected chi connectivity index (χ3v) is 3.60. The molecule has 1 amide bonds. The fraction of sp³-hybridized carbons (Fsp3) is 0.267. The summed E-state index contributed by atoms with van der Waals surface area (Å²) >= 11 is 0. The van der Waals surface area contributed by atoms with E-state index in [4.69, 9.17) is 5.73 Å². The number of nitrogens with one attached hydrogen (secondary N) is 2. The van der Waals surface area contributed by atoms with Crippen LogP contribution in [-0.4, -0.2) is 31.9 Å². The second-order valence-corrected chi connectivity index (χ2v) is 5.29. The summed E-state index contributed by atoms with van der Waals surface area (Å²) < 4.78 is 1.67. The zero-order chi connectivity index (χ0) is 15.7. The number of aryl methyl sites for hydroxylation is 2. The maximum absolute atomic E-state index is 12.3. The highest BCUT2D eigenvalue weighted by Crippen LogP contribution is 2.23. The van der Waals surface area contributed by atoms with Crippen LogP contribution in [-0.2, 0) is 18.3 Å². The molecular weight excluding hydrogens is 280 g/mol. The number of benzene rings is 1. The molecule has 1 aromatic carbocycles. The van der Waals surface area contributed by atoms with Gasteiger partial charge in [0.2, 0.25) is 5.91 Å². The molecular formula is C15H18N6O. The van der Waals surface area contributed by atoms with Crippen molar-refractivity contribution in [2.45, 2.75) is 19.4 Å². The van der Waals surface area contributed by atoms with Gasteiger partial charge in [-0.2, -0.15) is 10.2 Å². The van der Waals surface area contributed by atoms with E-state index in [2.05, 4.69) is 20.6 Å². The Morgan fingerprint density at radius 2 is 2.14 bits per heavy atom. The van der Waals surface area contributed by atoms with Crippen molar-refractivity contribution in [3.8, 4) is 0 Å². The molecule has 0 radical (unpaired) electrons. The first-order valence-corrected chi connectivity index (χ1v) is 7.04. The van der Waals surface area contributed by atoms with Crippen molar-refractivity contribution in [1.29, 1.82) is 0 Å². The van der Waals surface area contributed by atoms with Crippen molar-refractivity contribution < 1.29 is 4.79 Å². The van der Waals surface area contributed by atoms with Crippen molar-refractivity contribution in [2.24, 2.45) is 12.8 Å². The molecule has 7 nitrogen and oxygen atoms in total. The first kappa shape index (κ1) is 14.3. The highest BCUT2D eigenvalue weighted by atomic mass is 16.2. The fourth-order valence-corrected chi connectivity index (χ4v) is 2.50. The predicted molar refractivity (Wildman–Crippen MR) is 84.3 cm³/mol. The average molecular weight is 298 g/mol. The number of aromatic nitrogens is 4. The van der Waals surface area contributed by atoms with E-state index in [1.54, 1.807) is 4.68 Å². The van der Waals surface area contributed by atoms with Gasteiger partial charge >= 0.3 is 0 Å². The minimum absolute atomic E-state index is 0.252. The summed E-state index contributed by atoms with van der Waals surface area (Å²) in [5.74, 6) is 0.284. The van der Waals surface area contributed by atoms with Crippen LogP contribution in [0.3, 0.4) is 0 Å². The molecule has 2 aromatic heterocycles. The first-order chi connectivity index (χ1) is 10.6. The number of hydrogen-bond acceptors (Lipinski definition) is 4. The first-order valence-electron chi connectivity index (χ1n) is 7.04. The number of carbonyl (C=O) groups is 1. The van der Waals surface area contributed by atoms with Crippen LogP contribution in [0.15, 0.2) is 30.3 Å². The second kappa shape index (κ2) is 5.61. The number of hydrogen-bond donors (Lipinski definition) is 3. The molecule has 0 spiro atoms. The molecule has 3 rings (SSSR count). The minimum Gasteiger partial charge on any atom is -0.320 e. The molecule has 0 bridgehead atoms. The molecule has 0 saturated heterocycles. The lowest BCUT2D eigenvalue weighted by atomic mass is 10.1. The Bertz CT molecular complexity index is 804. The Hall–Kier alpha value is -2.67. The van der Waals surface area contributed by atoms with Crippen LogP contribution >= 0.6 is 0 Å². The lowest BCUT2D eigenvalue weighted by Crippen LogP contribution is -2.37. The van der Waals surface area contributed by atoms with Crippen LogP contribution in [0.2, 0.25) is 0 Å². The van der Waals surface area contributed by atoms with Gasteiger partial charge in [0.25, 0.3) is 0 Å². The Kier molecular flexibility index (Phi) is 3.64. The monoisotopic (exact) mass is 298 g/mol. The summed E-state index contributed by atoms with van der Waals surface area (Å²) in [6, 6.07) is 9.06. The van der Waals surface area contributed by atoms with Crippen LogP contribution in [0.5, 0.6) is 0 Å². The number of anilines is 1. The van der Waals surface area contributed by atoms with Crippen molar-refractivity contribution in [3.05, 3.63) is 41.6 Å². The van der Waals surface area contributed by atoms with Gasteiger partial charge in [0.15, 0.2) is 5.65 Å². The molecule has 0 aliphatic heterocycles. The molecule has 22 heavy (non-hydrogen) atoms. The summed E-state index contributed by atoms with van der Waals surface area (Å²) in [5, 5.41) is 14.9. The molecule has 3 aromatic rings. The Balaban J connectivity index is 1.75. The molecule has 0 aliphatic rings. The van der Waals surface area contributed by atoms with E-state index >= 15 is 0 Å². The highest BCUT2D eigenvalue weighted by molar-refractivity contribution is 6.01. The third-order valence-electron chi connectivity index (χ3n) is 3.60. The van der Waals surface area contributed by atoms with Gasteiger partial charge in [0, 0.05) is 7.05 Å². The molecule has 114 valence electrons. The van der Waals surface area contributed by atoms with E-state index in [0.717, 1.165) is 16.6 Å². The maximum atomic E-state index is 12.3. The lowest BCUT2D eigenvalue weighted by molar-refractivity contribution is -0.117. The van der Waals surface area contributed by atoms with Crippen LogP contribution in [0.1, 0.15) is 11.3 Å². The van der Waals surface area contributed by atoms with E-state index in [1.165, 1.54) is 0 Å². The summed E-state index contributed by atoms with van der Waals surface area (Å²) in [6.07, 6.45) is 0.482. The van der Waals surface area contributed by atoms with E-state index < -0.39 is 6.04 Å². The molecule has 0 fully saturated rings. The normalized spacial score (nSPS) is 12.5. The number of aromatic amines is 1. The van der Waals surface area contributed by atoms with Crippen molar-refractivity contribution in [1.82, 2.24) is 20.0 Å². The summed E-state index contributed by atoms with van der Waals surface area (Å²) in [5.41, 5.74) is 8.51. The highest BCUT2D eigenvalue weighted by Gasteiger charge is 2.19. The van der Waals surface area contributed by atoms with Crippen molar-refractivity contribution in [2.75, 3.05) is 5.32 Å². The zero-order valence-electron chi connectivity index (χ0n) is 12.5. The molecule has 4 N–H and O–H groups in total. The molecule has 7 heteroatoms. The van der Waals surface area contributed by atoms with Crippen LogP contribution in [0.4, 0.5) is 5.82 Å². The van der Waals surface area contributed by atoms with E-state index in [-0.39, 0.29) is 5.91 Å². The van der Waals surface area contributed by atoms with E-state index in [0.29, 0.717) is 17.9 Å². The van der Waals surface area contributed by atoms with Gasteiger partial charge in [-0.15, -0.1) is 0 Å². The van der Waals surface area contributed by atoms with Gasteiger partial charge in [0.1, 0.15) is 5.82 Å². The second-order valence-electron chi connectivity index (χ2n) is 5.29. The molecule has 1 atom stereocenters. The summed E-state index contributed by atoms with van der Waals surface area (Å²) in [7, 11) is 1.81. The number of fused-ring (bicyclic) bond motifs is 1. The topological polar surface area (TPSA) is 102 Å².